The molecule has 0 spiro atoms. The molecular weight excluding hydrogens is 310 g/mol. The quantitative estimate of drug-likeness (QED) is 0.865. The second-order valence-corrected chi connectivity index (χ2v) is 4.86. The van der Waals surface area contributed by atoms with E-state index in [4.69, 9.17) is 16.3 Å². The molecule has 8 heteroatoms. The first-order valence-corrected chi connectivity index (χ1v) is 6.80. The zero-order valence-corrected chi connectivity index (χ0v) is 12.5. The van der Waals surface area contributed by atoms with Crippen LogP contribution in [0.3, 0.4) is 0 Å². The standard InChI is InChI=1S/C14H14ClN3O4/c1-22-11-3-2-9(8-10(11)15)16-12(19)4-6-18-7-5-13(20)17-14(18)21/h2-3,5,7-8H,4,6H2,1H3,(H,16,19)(H,17,20,21). The number of aryl methyl sites for hydroxylation is 1. The Hall–Kier alpha value is -2.54. The summed E-state index contributed by atoms with van der Waals surface area (Å²) in [6.07, 6.45) is 1.42. The van der Waals surface area contributed by atoms with Gasteiger partial charge in [0.2, 0.25) is 5.91 Å². The molecule has 0 saturated carbocycles. The van der Waals surface area contributed by atoms with Crippen LogP contribution >= 0.6 is 11.6 Å². The van der Waals surface area contributed by atoms with Gasteiger partial charge in [-0.3, -0.25) is 14.6 Å². The third-order valence-electron chi connectivity index (χ3n) is 2.91. The van der Waals surface area contributed by atoms with Gasteiger partial charge < -0.3 is 14.6 Å². The van der Waals surface area contributed by atoms with Crippen LogP contribution in [0.25, 0.3) is 0 Å². The number of benzene rings is 1. The molecule has 1 heterocycles. The minimum atomic E-state index is -0.548. The summed E-state index contributed by atoms with van der Waals surface area (Å²) in [7, 11) is 1.50. The number of hydrogen-bond acceptors (Lipinski definition) is 4. The van der Waals surface area contributed by atoms with Crippen LogP contribution in [-0.2, 0) is 11.3 Å². The zero-order chi connectivity index (χ0) is 16.1. The van der Waals surface area contributed by atoms with Gasteiger partial charge in [-0.25, -0.2) is 4.79 Å². The highest BCUT2D eigenvalue weighted by molar-refractivity contribution is 6.32. The molecule has 7 nitrogen and oxygen atoms in total. The Kier molecular flexibility index (Phi) is 5.00. The molecule has 0 fully saturated rings. The first-order valence-electron chi connectivity index (χ1n) is 6.43. The third-order valence-corrected chi connectivity index (χ3v) is 3.21. The first-order chi connectivity index (χ1) is 10.5. The van der Waals surface area contributed by atoms with E-state index in [9.17, 15) is 14.4 Å². The highest BCUT2D eigenvalue weighted by atomic mass is 35.5. The maximum absolute atomic E-state index is 11.9. The number of nitrogens with one attached hydrogen (secondary N) is 2. The van der Waals surface area contributed by atoms with Crippen molar-refractivity contribution >= 4 is 23.2 Å². The van der Waals surface area contributed by atoms with E-state index in [0.717, 1.165) is 0 Å². The number of methoxy groups -OCH3 is 1. The van der Waals surface area contributed by atoms with Crippen LogP contribution in [-0.4, -0.2) is 22.6 Å². The number of hydrogen-bond donors (Lipinski definition) is 2. The average molecular weight is 324 g/mol. The van der Waals surface area contributed by atoms with Gasteiger partial charge >= 0.3 is 5.69 Å². The predicted octanol–water partition coefficient (Wildman–Crippen LogP) is 1.23. The fourth-order valence-electron chi connectivity index (χ4n) is 1.81. The summed E-state index contributed by atoms with van der Waals surface area (Å²) in [5.74, 6) is 0.235. The van der Waals surface area contributed by atoms with Crippen LogP contribution in [0, 0.1) is 0 Å². The molecule has 1 aromatic carbocycles. The zero-order valence-electron chi connectivity index (χ0n) is 11.8. The number of amides is 1. The van der Waals surface area contributed by atoms with Crippen LogP contribution in [0.1, 0.15) is 6.42 Å². The number of rotatable bonds is 5. The highest BCUT2D eigenvalue weighted by Crippen LogP contribution is 2.27. The molecule has 2 rings (SSSR count). The molecular formula is C14H14ClN3O4. The van der Waals surface area contributed by atoms with E-state index < -0.39 is 11.2 Å². The Balaban J connectivity index is 1.97. The highest BCUT2D eigenvalue weighted by Gasteiger charge is 2.06. The summed E-state index contributed by atoms with van der Waals surface area (Å²) in [4.78, 5) is 36.4. The van der Waals surface area contributed by atoms with E-state index >= 15 is 0 Å². The van der Waals surface area contributed by atoms with Crippen LogP contribution in [0.2, 0.25) is 5.02 Å². The van der Waals surface area contributed by atoms with Crippen molar-refractivity contribution in [1.29, 1.82) is 0 Å². The normalized spacial score (nSPS) is 10.3. The van der Waals surface area contributed by atoms with Crippen molar-refractivity contribution < 1.29 is 9.53 Å². The average Bonchev–Trinajstić information content (AvgIpc) is 2.46. The number of aromatic nitrogens is 2. The number of carbonyl (C=O) groups is 1. The van der Waals surface area contributed by atoms with E-state index in [1.54, 1.807) is 18.2 Å². The minimum absolute atomic E-state index is 0.0790. The number of nitrogens with zero attached hydrogens (tertiary/aromatic N) is 1. The van der Waals surface area contributed by atoms with E-state index in [1.807, 2.05) is 0 Å². The monoisotopic (exact) mass is 323 g/mol. The predicted molar refractivity (Wildman–Crippen MR) is 82.6 cm³/mol. The molecule has 116 valence electrons. The Morgan fingerprint density at radius 1 is 1.36 bits per heavy atom. The molecule has 2 aromatic rings. The summed E-state index contributed by atoms with van der Waals surface area (Å²) < 4.78 is 6.27. The van der Waals surface area contributed by atoms with Gasteiger partial charge in [0.05, 0.1) is 12.1 Å². The van der Waals surface area contributed by atoms with Gasteiger partial charge in [0.25, 0.3) is 5.56 Å². The molecule has 0 aliphatic carbocycles. The van der Waals surface area contributed by atoms with Crippen molar-refractivity contribution in [1.82, 2.24) is 9.55 Å². The molecule has 0 radical (unpaired) electrons. The molecule has 0 unspecified atom stereocenters. The third kappa shape index (κ3) is 3.98. The molecule has 0 bridgehead atoms. The summed E-state index contributed by atoms with van der Waals surface area (Å²) in [6, 6.07) is 6.10. The molecule has 2 N–H and O–H groups in total. The van der Waals surface area contributed by atoms with Crippen molar-refractivity contribution in [3.63, 3.8) is 0 Å². The first kappa shape index (κ1) is 15.8. The Labute approximate surface area is 130 Å². The van der Waals surface area contributed by atoms with Crippen molar-refractivity contribution in [2.45, 2.75) is 13.0 Å². The largest absolute Gasteiger partial charge is 0.495 e. The topological polar surface area (TPSA) is 93.2 Å². The van der Waals surface area contributed by atoms with E-state index in [2.05, 4.69) is 10.3 Å². The number of carbonyl (C=O) groups excluding carboxylic acids is 1. The minimum Gasteiger partial charge on any atom is -0.495 e. The lowest BCUT2D eigenvalue weighted by Gasteiger charge is -2.08. The Morgan fingerprint density at radius 3 is 2.77 bits per heavy atom. The smallest absolute Gasteiger partial charge is 0.328 e. The SMILES string of the molecule is COc1ccc(NC(=O)CCn2ccc(=O)[nH]c2=O)cc1Cl. The Morgan fingerprint density at radius 2 is 2.14 bits per heavy atom. The fourth-order valence-corrected chi connectivity index (χ4v) is 2.07. The lowest BCUT2D eigenvalue weighted by molar-refractivity contribution is -0.116. The molecule has 1 amide bonds. The number of ether oxygens (including phenoxy) is 1. The van der Waals surface area contributed by atoms with Crippen molar-refractivity contribution in [2.24, 2.45) is 0 Å². The van der Waals surface area contributed by atoms with Gasteiger partial charge in [-0.05, 0) is 18.2 Å². The number of aromatic amines is 1. The molecule has 0 aliphatic rings. The molecule has 0 atom stereocenters. The molecule has 22 heavy (non-hydrogen) atoms. The van der Waals surface area contributed by atoms with E-state index in [-0.39, 0.29) is 18.9 Å². The maximum Gasteiger partial charge on any atom is 0.328 e. The van der Waals surface area contributed by atoms with Crippen LogP contribution in [0.15, 0.2) is 40.1 Å². The van der Waals surface area contributed by atoms with Crippen LogP contribution in [0.4, 0.5) is 5.69 Å². The summed E-state index contributed by atoms with van der Waals surface area (Å²) in [6.45, 7) is 0.158. The number of anilines is 1. The van der Waals surface area contributed by atoms with Gasteiger partial charge in [-0.15, -0.1) is 0 Å². The van der Waals surface area contributed by atoms with Gasteiger partial charge in [0, 0.05) is 30.9 Å². The van der Waals surface area contributed by atoms with Gasteiger partial charge in [-0.2, -0.15) is 0 Å². The summed E-state index contributed by atoms with van der Waals surface area (Å²) in [5, 5.41) is 3.06. The second-order valence-electron chi connectivity index (χ2n) is 4.45. The molecule has 0 aliphatic heterocycles. The lowest BCUT2D eigenvalue weighted by Crippen LogP contribution is -2.29. The number of halogens is 1. The van der Waals surface area contributed by atoms with Crippen molar-refractivity contribution in [2.75, 3.05) is 12.4 Å². The second kappa shape index (κ2) is 6.95. The maximum atomic E-state index is 11.9. The Bertz CT molecular complexity index is 797. The van der Waals surface area contributed by atoms with Gasteiger partial charge in [0.1, 0.15) is 5.75 Å². The molecule has 0 saturated heterocycles. The lowest BCUT2D eigenvalue weighted by atomic mass is 10.3. The summed E-state index contributed by atoms with van der Waals surface area (Å²) in [5.41, 5.74) is -0.490. The van der Waals surface area contributed by atoms with Crippen molar-refractivity contribution in [3.8, 4) is 5.75 Å². The molecule has 1 aromatic heterocycles. The van der Waals surface area contributed by atoms with Gasteiger partial charge in [0.15, 0.2) is 0 Å². The van der Waals surface area contributed by atoms with E-state index in [0.29, 0.717) is 16.5 Å². The number of H-pyrrole nitrogens is 1. The van der Waals surface area contributed by atoms with Gasteiger partial charge in [-0.1, -0.05) is 11.6 Å². The van der Waals surface area contributed by atoms with Crippen molar-refractivity contribution in [3.05, 3.63) is 56.3 Å². The van der Waals surface area contributed by atoms with Crippen LogP contribution in [0.5, 0.6) is 5.75 Å². The van der Waals surface area contributed by atoms with Crippen LogP contribution < -0.4 is 21.3 Å². The summed E-state index contributed by atoms with van der Waals surface area (Å²) >= 11 is 5.97. The fraction of sp³-hybridized carbons (Fsp3) is 0.214. The van der Waals surface area contributed by atoms with E-state index in [1.165, 1.54) is 23.9 Å².